The lowest BCUT2D eigenvalue weighted by atomic mass is 9.85. The number of methoxy groups -OCH3 is 1. The molecule has 1 aromatic heterocycles. The first-order valence-electron chi connectivity index (χ1n) is 12.4. The number of piperidine rings is 1. The molecule has 0 saturated carbocycles. The van der Waals surface area contributed by atoms with E-state index < -0.39 is 23.0 Å². The average Bonchev–Trinajstić information content (AvgIpc) is 2.87. The second-order valence-electron chi connectivity index (χ2n) is 9.75. The molecule has 3 heterocycles. The number of fused-ring (bicyclic) bond motifs is 2. The first-order chi connectivity index (χ1) is 17.8. The molecule has 1 N–H and O–H groups in total. The van der Waals surface area contributed by atoms with Crippen molar-refractivity contribution in [1.29, 1.82) is 0 Å². The fourth-order valence-electron chi connectivity index (χ4n) is 5.77. The summed E-state index contributed by atoms with van der Waals surface area (Å²) in [5, 5.41) is 11.4. The summed E-state index contributed by atoms with van der Waals surface area (Å²) in [7, 11) is 1.39. The minimum atomic E-state index is -0.929. The number of hydrogen-bond donors (Lipinski definition) is 1. The van der Waals surface area contributed by atoms with E-state index in [-0.39, 0.29) is 33.8 Å². The lowest BCUT2D eigenvalue weighted by molar-refractivity contribution is -0.151. The molecule has 4 aromatic rings. The highest BCUT2D eigenvalue weighted by atomic mass is 19.1. The molecule has 9 heteroatoms. The molecular formula is C28H26F3N3O3. The molecule has 2 aliphatic rings. The highest BCUT2D eigenvalue weighted by molar-refractivity contribution is 6.03. The van der Waals surface area contributed by atoms with Crippen LogP contribution in [0.15, 0.2) is 30.3 Å². The van der Waals surface area contributed by atoms with Crippen LogP contribution in [0.4, 0.5) is 19.0 Å². The molecule has 0 aliphatic carbocycles. The normalized spacial score (nSPS) is 19.5. The summed E-state index contributed by atoms with van der Waals surface area (Å²) in [5.41, 5.74) is -0.397. The van der Waals surface area contributed by atoms with Crippen LogP contribution in [0.2, 0.25) is 0 Å². The topological polar surface area (TPSA) is 67.7 Å². The van der Waals surface area contributed by atoms with E-state index in [0.717, 1.165) is 19.3 Å². The van der Waals surface area contributed by atoms with Crippen molar-refractivity contribution in [3.8, 4) is 22.9 Å². The monoisotopic (exact) mass is 509 g/mol. The van der Waals surface area contributed by atoms with Gasteiger partial charge in [0.1, 0.15) is 28.7 Å². The van der Waals surface area contributed by atoms with Gasteiger partial charge in [-0.3, -0.25) is 0 Å². The van der Waals surface area contributed by atoms with E-state index in [2.05, 4.69) is 9.97 Å². The number of ether oxygens (including phenoxy) is 2. The molecule has 6 rings (SSSR count). The van der Waals surface area contributed by atoms with Gasteiger partial charge < -0.3 is 19.5 Å². The highest BCUT2D eigenvalue weighted by Crippen LogP contribution is 2.43. The Balaban J connectivity index is 1.61. The Morgan fingerprint density at radius 1 is 1.11 bits per heavy atom. The Morgan fingerprint density at radius 2 is 1.92 bits per heavy atom. The van der Waals surface area contributed by atoms with Crippen LogP contribution in [-0.4, -0.2) is 47.5 Å². The van der Waals surface area contributed by atoms with E-state index >= 15 is 8.78 Å². The van der Waals surface area contributed by atoms with Crippen molar-refractivity contribution < 1.29 is 27.8 Å². The minimum absolute atomic E-state index is 0.0471. The largest absolute Gasteiger partial charge is 0.508 e. The maximum atomic E-state index is 16.3. The first-order valence-corrected chi connectivity index (χ1v) is 12.4. The molecule has 1 atom stereocenters. The smallest absolute Gasteiger partial charge is 0.318 e. The van der Waals surface area contributed by atoms with Gasteiger partial charge in [-0.15, -0.1) is 0 Å². The Hall–Kier alpha value is -3.59. The molecule has 1 unspecified atom stereocenters. The Bertz CT molecular complexity index is 1560. The zero-order chi connectivity index (χ0) is 25.9. The van der Waals surface area contributed by atoms with Gasteiger partial charge in [0.25, 0.3) is 0 Å². The quantitative estimate of drug-likeness (QED) is 0.369. The number of aryl methyl sites for hydroxylation is 1. The first kappa shape index (κ1) is 23.8. The van der Waals surface area contributed by atoms with Crippen molar-refractivity contribution >= 4 is 27.5 Å². The van der Waals surface area contributed by atoms with Crippen LogP contribution in [0.25, 0.3) is 32.8 Å². The number of anilines is 1. The highest BCUT2D eigenvalue weighted by Gasteiger charge is 2.43. The summed E-state index contributed by atoms with van der Waals surface area (Å²) in [6.07, 6.45) is 3.02. The van der Waals surface area contributed by atoms with Crippen molar-refractivity contribution in [3.05, 3.63) is 53.3 Å². The van der Waals surface area contributed by atoms with Crippen LogP contribution in [-0.2, 0) is 11.2 Å². The molecule has 37 heavy (non-hydrogen) atoms. The molecule has 3 aromatic carbocycles. The van der Waals surface area contributed by atoms with Gasteiger partial charge in [-0.05, 0) is 65.4 Å². The number of phenols is 1. The third kappa shape index (κ3) is 3.75. The summed E-state index contributed by atoms with van der Waals surface area (Å²) in [6, 6.07) is 6.66. The van der Waals surface area contributed by atoms with Crippen LogP contribution in [0, 0.1) is 17.5 Å². The summed E-state index contributed by atoms with van der Waals surface area (Å²) in [4.78, 5) is 10.7. The van der Waals surface area contributed by atoms with Gasteiger partial charge in [0.05, 0.1) is 24.9 Å². The van der Waals surface area contributed by atoms with Gasteiger partial charge in [-0.25, -0.2) is 13.2 Å². The number of aromatic nitrogens is 2. The number of nitrogens with zero attached hydrogens (tertiary/aromatic N) is 3. The lowest BCUT2D eigenvalue weighted by Gasteiger charge is -2.48. The van der Waals surface area contributed by atoms with Crippen LogP contribution in [0.3, 0.4) is 0 Å². The number of halogens is 3. The molecule has 2 aliphatic heterocycles. The van der Waals surface area contributed by atoms with E-state index in [1.54, 1.807) is 6.92 Å². The Labute approximate surface area is 211 Å². The van der Waals surface area contributed by atoms with Gasteiger partial charge in [-0.1, -0.05) is 13.0 Å². The second kappa shape index (κ2) is 8.76. The molecular weight excluding hydrogens is 483 g/mol. The van der Waals surface area contributed by atoms with E-state index in [0.29, 0.717) is 48.3 Å². The van der Waals surface area contributed by atoms with Gasteiger partial charge in [0.15, 0.2) is 5.82 Å². The molecule has 0 amide bonds. The molecule has 0 radical (unpaired) electrons. The average molecular weight is 510 g/mol. The maximum Gasteiger partial charge on any atom is 0.318 e. The van der Waals surface area contributed by atoms with Gasteiger partial charge in [0.2, 0.25) is 0 Å². The predicted octanol–water partition coefficient (Wildman–Crippen LogP) is 5.90. The van der Waals surface area contributed by atoms with Crippen molar-refractivity contribution in [2.24, 2.45) is 0 Å². The van der Waals surface area contributed by atoms with Crippen LogP contribution in [0.1, 0.15) is 31.7 Å². The molecule has 192 valence electrons. The lowest BCUT2D eigenvalue weighted by Crippen LogP contribution is -2.56. The van der Waals surface area contributed by atoms with E-state index in [1.165, 1.54) is 37.4 Å². The summed E-state index contributed by atoms with van der Waals surface area (Å²) in [6.45, 7) is 3.68. The molecule has 2 saturated heterocycles. The van der Waals surface area contributed by atoms with Crippen molar-refractivity contribution in [2.75, 3.05) is 31.7 Å². The summed E-state index contributed by atoms with van der Waals surface area (Å²) >= 11 is 0. The predicted molar refractivity (Wildman–Crippen MR) is 135 cm³/mol. The van der Waals surface area contributed by atoms with Crippen molar-refractivity contribution in [3.63, 3.8) is 0 Å². The van der Waals surface area contributed by atoms with Crippen molar-refractivity contribution in [2.45, 2.75) is 38.2 Å². The van der Waals surface area contributed by atoms with E-state index in [4.69, 9.17) is 9.47 Å². The SMILES string of the molecule is CCc1c(F)ccc2cc(O)cc(-c3c(F)cc4c(N5CCCC6(CCO6)C5)nc(OC)nc4c3F)c12. The second-order valence-corrected chi connectivity index (χ2v) is 9.75. The van der Waals surface area contributed by atoms with Crippen molar-refractivity contribution in [1.82, 2.24) is 9.97 Å². The molecule has 6 nitrogen and oxygen atoms in total. The number of benzene rings is 3. The number of rotatable bonds is 4. The zero-order valence-electron chi connectivity index (χ0n) is 20.6. The maximum absolute atomic E-state index is 16.3. The third-order valence-electron chi connectivity index (χ3n) is 7.61. The van der Waals surface area contributed by atoms with Crippen LogP contribution >= 0.6 is 0 Å². The standard InChI is InChI=1S/C28H26F3N3O3/c1-3-17-20(29)6-5-15-11-16(35)12-18(22(15)17)23-21(30)13-19-25(24(23)31)32-27(36-2)33-26(19)34-9-4-7-28(14-34)8-10-37-28/h5-6,11-13,35H,3-4,7-10,14H2,1-2H3. The van der Waals surface area contributed by atoms with Crippen LogP contribution in [0.5, 0.6) is 11.8 Å². The van der Waals surface area contributed by atoms with Gasteiger partial charge >= 0.3 is 6.01 Å². The summed E-state index contributed by atoms with van der Waals surface area (Å²) < 4.78 is 58.1. The minimum Gasteiger partial charge on any atom is -0.508 e. The van der Waals surface area contributed by atoms with E-state index in [1.807, 2.05) is 4.90 Å². The fourth-order valence-corrected chi connectivity index (χ4v) is 5.77. The molecule has 0 bridgehead atoms. The van der Waals surface area contributed by atoms with Crippen LogP contribution < -0.4 is 9.64 Å². The Morgan fingerprint density at radius 3 is 2.62 bits per heavy atom. The fraction of sp³-hybridized carbons (Fsp3) is 0.357. The van der Waals surface area contributed by atoms with Gasteiger partial charge in [-0.2, -0.15) is 9.97 Å². The zero-order valence-corrected chi connectivity index (χ0v) is 20.6. The summed E-state index contributed by atoms with van der Waals surface area (Å²) in [5.74, 6) is -2.07. The Kier molecular flexibility index (Phi) is 5.63. The third-order valence-corrected chi connectivity index (χ3v) is 7.61. The van der Waals surface area contributed by atoms with E-state index in [9.17, 15) is 9.50 Å². The number of aromatic hydroxyl groups is 1. The molecule has 2 fully saturated rings. The number of hydrogen-bond acceptors (Lipinski definition) is 6. The number of phenolic OH excluding ortho intramolecular Hbond substituents is 1. The molecule has 1 spiro atoms. The van der Waals surface area contributed by atoms with Gasteiger partial charge in [0, 0.05) is 24.9 Å².